The van der Waals surface area contributed by atoms with E-state index in [2.05, 4.69) is 58.3 Å². The number of aromatic nitrogens is 2. The zero-order valence-electron chi connectivity index (χ0n) is 14.4. The van der Waals surface area contributed by atoms with E-state index in [1.807, 2.05) is 11.7 Å². The smallest absolute Gasteiger partial charge is 0.115 e. The van der Waals surface area contributed by atoms with Crippen molar-refractivity contribution in [2.75, 3.05) is 21.1 Å². The molecule has 0 bridgehead atoms. The lowest BCUT2D eigenvalue weighted by molar-refractivity contribution is -0.901. The standard InChI is InChI=1S/C18H26N3.HI/c1-12-18(13(2)20(3)19-12)15-8-7-14-9-10-17(16(14)11-15)21(4,5)6;/h7-8,11,17H,9-10H2,1-6H3;1H/q+1;/p-1. The Balaban J connectivity index is 0.00000176. The Morgan fingerprint density at radius 2 is 1.86 bits per heavy atom. The van der Waals surface area contributed by atoms with Crippen LogP contribution in [0.25, 0.3) is 11.1 Å². The maximum absolute atomic E-state index is 4.56. The predicted octanol–water partition coefficient (Wildman–Crippen LogP) is 0.401. The second kappa shape index (κ2) is 5.96. The molecule has 0 saturated carbocycles. The van der Waals surface area contributed by atoms with Gasteiger partial charge in [-0.3, -0.25) is 4.68 Å². The lowest BCUT2D eigenvalue weighted by atomic mass is 9.97. The average Bonchev–Trinajstić information content (AvgIpc) is 2.90. The SMILES string of the molecule is Cc1nn(C)c(C)c1-c1ccc2c(c1)C([N+](C)(C)C)CC2.[I-]. The van der Waals surface area contributed by atoms with Gasteiger partial charge < -0.3 is 28.5 Å². The lowest BCUT2D eigenvalue weighted by Crippen LogP contribution is -3.00. The molecule has 120 valence electrons. The van der Waals surface area contributed by atoms with Crippen LogP contribution in [0.5, 0.6) is 0 Å². The number of quaternary nitrogens is 1. The molecule has 1 unspecified atom stereocenters. The molecule has 0 amide bonds. The topological polar surface area (TPSA) is 17.8 Å². The van der Waals surface area contributed by atoms with Crippen molar-refractivity contribution >= 4 is 0 Å². The van der Waals surface area contributed by atoms with Crippen molar-refractivity contribution in [3.63, 3.8) is 0 Å². The van der Waals surface area contributed by atoms with Gasteiger partial charge in [0.15, 0.2) is 0 Å². The minimum absolute atomic E-state index is 0. The fourth-order valence-electron chi connectivity index (χ4n) is 3.73. The third kappa shape index (κ3) is 2.83. The third-order valence-electron chi connectivity index (χ3n) is 4.92. The summed E-state index contributed by atoms with van der Waals surface area (Å²) in [4.78, 5) is 0. The van der Waals surface area contributed by atoms with Crippen LogP contribution in [0, 0.1) is 13.8 Å². The van der Waals surface area contributed by atoms with Gasteiger partial charge in [0.2, 0.25) is 0 Å². The van der Waals surface area contributed by atoms with Crippen LogP contribution in [0.15, 0.2) is 18.2 Å². The van der Waals surface area contributed by atoms with E-state index in [0.717, 1.165) is 10.2 Å². The molecule has 1 aliphatic rings. The van der Waals surface area contributed by atoms with E-state index in [1.54, 1.807) is 0 Å². The number of hydrogen-bond acceptors (Lipinski definition) is 1. The molecule has 0 aliphatic heterocycles. The molecule has 3 rings (SSSR count). The van der Waals surface area contributed by atoms with Crippen molar-refractivity contribution in [1.82, 2.24) is 9.78 Å². The molecule has 0 saturated heterocycles. The van der Waals surface area contributed by atoms with E-state index in [9.17, 15) is 0 Å². The van der Waals surface area contributed by atoms with Crippen LogP contribution in [0.2, 0.25) is 0 Å². The number of halogens is 1. The van der Waals surface area contributed by atoms with Crippen molar-refractivity contribution in [3.05, 3.63) is 40.7 Å². The zero-order chi connectivity index (χ0) is 15.4. The van der Waals surface area contributed by atoms with Crippen LogP contribution in [-0.4, -0.2) is 35.4 Å². The summed E-state index contributed by atoms with van der Waals surface area (Å²) in [7, 11) is 8.92. The number of aryl methyl sites for hydroxylation is 3. The Labute approximate surface area is 150 Å². The number of fused-ring (bicyclic) bond motifs is 1. The van der Waals surface area contributed by atoms with Gasteiger partial charge in [0.1, 0.15) is 6.04 Å². The van der Waals surface area contributed by atoms with Crippen LogP contribution in [0.1, 0.15) is 35.0 Å². The van der Waals surface area contributed by atoms with Gasteiger partial charge in [-0.2, -0.15) is 5.10 Å². The average molecular weight is 411 g/mol. The summed E-state index contributed by atoms with van der Waals surface area (Å²) in [6, 6.07) is 7.62. The van der Waals surface area contributed by atoms with E-state index in [1.165, 1.54) is 40.8 Å². The summed E-state index contributed by atoms with van der Waals surface area (Å²) in [5, 5.41) is 4.56. The summed E-state index contributed by atoms with van der Waals surface area (Å²) in [5.41, 5.74) is 8.03. The Kier molecular flexibility index (Phi) is 4.74. The van der Waals surface area contributed by atoms with Gasteiger partial charge in [0.25, 0.3) is 0 Å². The molecule has 0 N–H and O–H groups in total. The molecule has 2 aromatic rings. The number of hydrogen-bond donors (Lipinski definition) is 0. The molecule has 0 fully saturated rings. The van der Waals surface area contributed by atoms with Crippen molar-refractivity contribution in [3.8, 4) is 11.1 Å². The second-order valence-electron chi connectivity index (χ2n) is 7.25. The fourth-order valence-corrected chi connectivity index (χ4v) is 3.73. The molecule has 1 atom stereocenters. The van der Waals surface area contributed by atoms with Crippen molar-refractivity contribution in [1.29, 1.82) is 0 Å². The highest BCUT2D eigenvalue weighted by Gasteiger charge is 2.33. The van der Waals surface area contributed by atoms with Crippen molar-refractivity contribution in [2.24, 2.45) is 7.05 Å². The Morgan fingerprint density at radius 3 is 2.41 bits per heavy atom. The first-order chi connectivity index (χ1) is 9.79. The van der Waals surface area contributed by atoms with Crippen molar-refractivity contribution in [2.45, 2.75) is 32.7 Å². The molecule has 0 radical (unpaired) electrons. The molecule has 0 spiro atoms. The van der Waals surface area contributed by atoms with E-state index in [4.69, 9.17) is 0 Å². The molecule has 1 aliphatic carbocycles. The molecular weight excluding hydrogens is 385 g/mol. The fraction of sp³-hybridized carbons (Fsp3) is 0.500. The number of nitrogens with zero attached hydrogens (tertiary/aromatic N) is 3. The summed E-state index contributed by atoms with van der Waals surface area (Å²) in [6.07, 6.45) is 2.47. The maximum atomic E-state index is 4.56. The van der Waals surface area contributed by atoms with Gasteiger partial charge in [-0.1, -0.05) is 12.1 Å². The van der Waals surface area contributed by atoms with Gasteiger partial charge in [-0.25, -0.2) is 0 Å². The molecule has 22 heavy (non-hydrogen) atoms. The van der Waals surface area contributed by atoms with Gasteiger partial charge >= 0.3 is 0 Å². The van der Waals surface area contributed by atoms with Crippen LogP contribution < -0.4 is 24.0 Å². The third-order valence-corrected chi connectivity index (χ3v) is 4.92. The van der Waals surface area contributed by atoms with Gasteiger partial charge in [0, 0.05) is 30.3 Å². The van der Waals surface area contributed by atoms with E-state index in [-0.39, 0.29) is 24.0 Å². The predicted molar refractivity (Wildman–Crippen MR) is 87.2 cm³/mol. The highest BCUT2D eigenvalue weighted by molar-refractivity contribution is 5.70. The lowest BCUT2D eigenvalue weighted by Gasteiger charge is -2.32. The minimum atomic E-state index is 0. The first-order valence-electron chi connectivity index (χ1n) is 7.73. The summed E-state index contributed by atoms with van der Waals surface area (Å²) in [6.45, 7) is 4.26. The minimum Gasteiger partial charge on any atom is -1.00 e. The Bertz CT molecular complexity index is 695. The quantitative estimate of drug-likeness (QED) is 0.517. The highest BCUT2D eigenvalue weighted by atomic mass is 127. The largest absolute Gasteiger partial charge is 1.00 e. The van der Waals surface area contributed by atoms with E-state index >= 15 is 0 Å². The first kappa shape index (κ1) is 17.5. The van der Waals surface area contributed by atoms with Gasteiger partial charge in [0.05, 0.1) is 26.8 Å². The molecule has 3 nitrogen and oxygen atoms in total. The normalized spacial score (nSPS) is 17.3. The van der Waals surface area contributed by atoms with Gasteiger partial charge in [-0.15, -0.1) is 0 Å². The molecule has 1 aromatic heterocycles. The van der Waals surface area contributed by atoms with Gasteiger partial charge in [-0.05, 0) is 37.5 Å². The summed E-state index contributed by atoms with van der Waals surface area (Å²) in [5.74, 6) is 0. The van der Waals surface area contributed by atoms with E-state index < -0.39 is 0 Å². The Hall–Kier alpha value is -0.880. The molecule has 4 heteroatoms. The van der Waals surface area contributed by atoms with Crippen LogP contribution >= 0.6 is 0 Å². The number of rotatable bonds is 2. The summed E-state index contributed by atoms with van der Waals surface area (Å²) >= 11 is 0. The molecular formula is C18H26IN3. The van der Waals surface area contributed by atoms with Crippen molar-refractivity contribution < 1.29 is 28.5 Å². The maximum Gasteiger partial charge on any atom is 0.115 e. The zero-order valence-corrected chi connectivity index (χ0v) is 16.6. The monoisotopic (exact) mass is 411 g/mol. The highest BCUT2D eigenvalue weighted by Crippen LogP contribution is 2.40. The second-order valence-corrected chi connectivity index (χ2v) is 7.25. The van der Waals surface area contributed by atoms with Crippen LogP contribution in [0.4, 0.5) is 0 Å². The molecule has 1 aromatic carbocycles. The first-order valence-corrected chi connectivity index (χ1v) is 7.73. The Morgan fingerprint density at radius 1 is 1.18 bits per heavy atom. The van der Waals surface area contributed by atoms with Crippen LogP contribution in [-0.2, 0) is 13.5 Å². The number of benzene rings is 1. The molecule has 1 heterocycles. The van der Waals surface area contributed by atoms with E-state index in [0.29, 0.717) is 6.04 Å². The summed E-state index contributed by atoms with van der Waals surface area (Å²) < 4.78 is 2.98. The van der Waals surface area contributed by atoms with Crippen LogP contribution in [0.3, 0.4) is 0 Å².